The van der Waals surface area contributed by atoms with Crippen LogP contribution < -0.4 is 10.1 Å². The summed E-state index contributed by atoms with van der Waals surface area (Å²) >= 11 is 0. The molecule has 7 nitrogen and oxygen atoms in total. The maximum atomic E-state index is 12.1. The van der Waals surface area contributed by atoms with Crippen LogP contribution in [-0.4, -0.2) is 37.8 Å². The van der Waals surface area contributed by atoms with E-state index in [1.807, 2.05) is 0 Å². The van der Waals surface area contributed by atoms with E-state index in [0.717, 1.165) is 0 Å². The van der Waals surface area contributed by atoms with Crippen molar-refractivity contribution < 1.29 is 13.5 Å². The first-order valence-electron chi connectivity index (χ1n) is 5.74. The minimum Gasteiger partial charge on any atom is -0.471 e. The molecule has 0 spiro atoms. The molecule has 0 unspecified atom stereocenters. The van der Waals surface area contributed by atoms with Crippen LogP contribution in [-0.2, 0) is 0 Å². The Morgan fingerprint density at radius 3 is 3.05 bits per heavy atom. The topological polar surface area (TPSA) is 80.1 Å². The third-order valence-electron chi connectivity index (χ3n) is 2.48. The van der Waals surface area contributed by atoms with E-state index in [2.05, 4.69) is 25.6 Å². The van der Waals surface area contributed by atoms with E-state index in [-0.39, 0.29) is 5.88 Å². The normalized spacial score (nSPS) is 11.2. The standard InChI is InChI=1S/C11H10F2N6O/c12-8(13)6-20-10-5-7-11(14-3-4-19(7)18-10)16-9-1-2-15-17-9/h1-5,8H,6H2,(H2,14,15,16,17). The van der Waals surface area contributed by atoms with Gasteiger partial charge in [-0.15, -0.1) is 5.10 Å². The molecule has 0 amide bonds. The lowest BCUT2D eigenvalue weighted by Crippen LogP contribution is -2.07. The molecular weight excluding hydrogens is 270 g/mol. The summed E-state index contributed by atoms with van der Waals surface area (Å²) in [4.78, 5) is 4.17. The lowest BCUT2D eigenvalue weighted by molar-refractivity contribution is 0.0794. The van der Waals surface area contributed by atoms with Gasteiger partial charge in [0.05, 0.1) is 6.20 Å². The number of alkyl halides is 2. The molecule has 0 fully saturated rings. The Bertz CT molecular complexity index is 696. The summed E-state index contributed by atoms with van der Waals surface area (Å²) in [6, 6.07) is 3.27. The average Bonchev–Trinajstić information content (AvgIpc) is 3.05. The van der Waals surface area contributed by atoms with Gasteiger partial charge in [0.25, 0.3) is 6.43 Å². The van der Waals surface area contributed by atoms with Gasteiger partial charge in [0.2, 0.25) is 5.88 Å². The minimum atomic E-state index is -2.54. The molecule has 0 radical (unpaired) electrons. The number of nitrogens with one attached hydrogen (secondary N) is 2. The van der Waals surface area contributed by atoms with E-state index in [9.17, 15) is 8.78 Å². The van der Waals surface area contributed by atoms with Crippen LogP contribution in [0.1, 0.15) is 0 Å². The number of hydrogen-bond acceptors (Lipinski definition) is 5. The molecule has 104 valence electrons. The lowest BCUT2D eigenvalue weighted by Gasteiger charge is -2.03. The van der Waals surface area contributed by atoms with Crippen LogP contribution in [0.25, 0.3) is 5.52 Å². The van der Waals surface area contributed by atoms with E-state index < -0.39 is 13.0 Å². The number of nitrogens with zero attached hydrogens (tertiary/aromatic N) is 4. The van der Waals surface area contributed by atoms with Crippen molar-refractivity contribution in [3.63, 3.8) is 0 Å². The Labute approximate surface area is 111 Å². The highest BCUT2D eigenvalue weighted by atomic mass is 19.3. The summed E-state index contributed by atoms with van der Waals surface area (Å²) in [7, 11) is 0. The first-order valence-corrected chi connectivity index (χ1v) is 5.74. The second-order valence-corrected chi connectivity index (χ2v) is 3.89. The minimum absolute atomic E-state index is 0.117. The molecule has 3 rings (SSSR count). The van der Waals surface area contributed by atoms with Crippen molar-refractivity contribution in [3.05, 3.63) is 30.7 Å². The number of fused-ring (bicyclic) bond motifs is 1. The van der Waals surface area contributed by atoms with Crippen LogP contribution >= 0.6 is 0 Å². The van der Waals surface area contributed by atoms with Crippen LogP contribution in [0.2, 0.25) is 0 Å². The molecule has 3 aromatic rings. The van der Waals surface area contributed by atoms with E-state index >= 15 is 0 Å². The second kappa shape index (κ2) is 5.11. The first kappa shape index (κ1) is 12.3. The lowest BCUT2D eigenvalue weighted by atomic mass is 10.4. The molecule has 3 aromatic heterocycles. The van der Waals surface area contributed by atoms with Crippen molar-refractivity contribution in [1.29, 1.82) is 0 Å². The van der Waals surface area contributed by atoms with E-state index in [1.165, 1.54) is 16.8 Å². The molecule has 9 heteroatoms. The zero-order chi connectivity index (χ0) is 13.9. The number of aromatic nitrogens is 5. The van der Waals surface area contributed by atoms with Gasteiger partial charge < -0.3 is 10.1 Å². The highest BCUT2D eigenvalue weighted by Gasteiger charge is 2.10. The predicted molar refractivity (Wildman–Crippen MR) is 66.4 cm³/mol. The molecule has 3 heterocycles. The fourth-order valence-electron chi connectivity index (χ4n) is 1.67. The number of ether oxygens (including phenoxy) is 1. The summed E-state index contributed by atoms with van der Waals surface area (Å²) in [5, 5.41) is 13.6. The molecule has 0 aliphatic carbocycles. The van der Waals surface area contributed by atoms with Crippen LogP contribution in [0.4, 0.5) is 20.4 Å². The van der Waals surface area contributed by atoms with Crippen molar-refractivity contribution in [3.8, 4) is 5.88 Å². The van der Waals surface area contributed by atoms with Gasteiger partial charge in [0.15, 0.2) is 12.4 Å². The van der Waals surface area contributed by atoms with Crippen molar-refractivity contribution in [1.82, 2.24) is 24.8 Å². The highest BCUT2D eigenvalue weighted by molar-refractivity contribution is 5.72. The summed E-state index contributed by atoms with van der Waals surface area (Å²) in [6.07, 6.45) is 2.19. The highest BCUT2D eigenvalue weighted by Crippen LogP contribution is 2.21. The van der Waals surface area contributed by atoms with Gasteiger partial charge in [-0.2, -0.15) is 5.10 Å². The number of H-pyrrole nitrogens is 1. The number of hydrogen-bond donors (Lipinski definition) is 2. The Kier molecular flexibility index (Phi) is 3.15. The number of rotatable bonds is 5. The summed E-state index contributed by atoms with van der Waals surface area (Å²) in [5.41, 5.74) is 0.603. The second-order valence-electron chi connectivity index (χ2n) is 3.89. The monoisotopic (exact) mass is 280 g/mol. The third kappa shape index (κ3) is 2.51. The Morgan fingerprint density at radius 2 is 2.30 bits per heavy atom. The number of aromatic amines is 1. The molecule has 0 saturated heterocycles. The quantitative estimate of drug-likeness (QED) is 0.745. The predicted octanol–water partition coefficient (Wildman–Crippen LogP) is 1.84. The zero-order valence-corrected chi connectivity index (χ0v) is 10.1. The van der Waals surface area contributed by atoms with Gasteiger partial charge in [0.1, 0.15) is 11.3 Å². The summed E-state index contributed by atoms with van der Waals surface area (Å²) in [6.45, 7) is -0.694. The molecule has 0 saturated carbocycles. The van der Waals surface area contributed by atoms with Crippen molar-refractivity contribution in [2.24, 2.45) is 0 Å². The fraction of sp³-hybridized carbons (Fsp3) is 0.182. The van der Waals surface area contributed by atoms with Gasteiger partial charge in [-0.25, -0.2) is 18.3 Å². The SMILES string of the molecule is FC(F)COc1cc2c(Nc3ccn[nH]3)nccn2n1. The van der Waals surface area contributed by atoms with Crippen LogP contribution in [0.5, 0.6) is 5.88 Å². The van der Waals surface area contributed by atoms with Gasteiger partial charge in [-0.1, -0.05) is 0 Å². The molecule has 0 aliphatic rings. The Morgan fingerprint density at radius 1 is 1.40 bits per heavy atom. The van der Waals surface area contributed by atoms with Crippen molar-refractivity contribution in [2.45, 2.75) is 6.43 Å². The summed E-state index contributed by atoms with van der Waals surface area (Å²) < 4.78 is 30.6. The largest absolute Gasteiger partial charge is 0.471 e. The van der Waals surface area contributed by atoms with Crippen LogP contribution in [0.15, 0.2) is 30.7 Å². The molecule has 2 N–H and O–H groups in total. The maximum Gasteiger partial charge on any atom is 0.272 e. The van der Waals surface area contributed by atoms with Crippen LogP contribution in [0.3, 0.4) is 0 Å². The fourth-order valence-corrected chi connectivity index (χ4v) is 1.67. The smallest absolute Gasteiger partial charge is 0.272 e. The van der Waals surface area contributed by atoms with Gasteiger partial charge >= 0.3 is 0 Å². The van der Waals surface area contributed by atoms with Crippen LogP contribution in [0, 0.1) is 0 Å². The first-order chi connectivity index (χ1) is 9.72. The Balaban J connectivity index is 1.89. The van der Waals surface area contributed by atoms with Gasteiger partial charge in [-0.3, -0.25) is 5.10 Å². The molecular formula is C11H10F2N6O. The third-order valence-corrected chi connectivity index (χ3v) is 2.48. The number of anilines is 2. The zero-order valence-electron chi connectivity index (χ0n) is 10.1. The Hall–Kier alpha value is -2.71. The van der Waals surface area contributed by atoms with Gasteiger partial charge in [0, 0.05) is 24.5 Å². The average molecular weight is 280 g/mol. The van der Waals surface area contributed by atoms with E-state index in [1.54, 1.807) is 18.5 Å². The van der Waals surface area contributed by atoms with Gasteiger partial charge in [-0.05, 0) is 0 Å². The molecule has 0 bridgehead atoms. The van der Waals surface area contributed by atoms with Crippen molar-refractivity contribution in [2.75, 3.05) is 11.9 Å². The maximum absolute atomic E-state index is 12.1. The molecule has 0 atom stereocenters. The number of halogens is 2. The van der Waals surface area contributed by atoms with Crippen molar-refractivity contribution >= 4 is 17.2 Å². The van der Waals surface area contributed by atoms with E-state index in [4.69, 9.17) is 4.74 Å². The summed E-state index contributed by atoms with van der Waals surface area (Å²) in [5.74, 6) is 1.28. The molecule has 0 aromatic carbocycles. The molecule has 20 heavy (non-hydrogen) atoms. The van der Waals surface area contributed by atoms with E-state index in [0.29, 0.717) is 17.2 Å². The molecule has 0 aliphatic heterocycles.